The van der Waals surface area contributed by atoms with Gasteiger partial charge in [0.2, 0.25) is 5.91 Å². The summed E-state index contributed by atoms with van der Waals surface area (Å²) in [5.41, 5.74) is 6.20. The molecule has 0 fully saturated rings. The summed E-state index contributed by atoms with van der Waals surface area (Å²) in [6.07, 6.45) is 2.92. The Bertz CT molecular complexity index is 959. The molecule has 2 heterocycles. The van der Waals surface area contributed by atoms with E-state index >= 15 is 0 Å². The number of rotatable bonds is 2. The number of nitrogens with zero attached hydrogens (tertiary/aromatic N) is 1. The molecule has 6 nitrogen and oxygen atoms in total. The van der Waals surface area contributed by atoms with Gasteiger partial charge in [-0.3, -0.25) is 14.4 Å². The normalized spacial score (nSPS) is 15.1. The van der Waals surface area contributed by atoms with Crippen molar-refractivity contribution in [2.24, 2.45) is 0 Å². The van der Waals surface area contributed by atoms with Gasteiger partial charge in [0, 0.05) is 24.3 Å². The van der Waals surface area contributed by atoms with Gasteiger partial charge in [-0.2, -0.15) is 0 Å². The van der Waals surface area contributed by atoms with E-state index in [4.69, 9.17) is 0 Å². The maximum Gasteiger partial charge on any atom is 0.314 e. The van der Waals surface area contributed by atoms with Crippen molar-refractivity contribution in [3.63, 3.8) is 0 Å². The predicted molar refractivity (Wildman–Crippen MR) is 109 cm³/mol. The predicted octanol–water partition coefficient (Wildman–Crippen LogP) is 3.11. The second kappa shape index (κ2) is 7.11. The monoisotopic (exact) mass is 377 g/mol. The minimum Gasteiger partial charge on any atom is -0.318 e. The Balaban J connectivity index is 1.54. The molecule has 0 aromatic heterocycles. The third-order valence-electron chi connectivity index (χ3n) is 5.46. The highest BCUT2D eigenvalue weighted by molar-refractivity contribution is 6.43. The summed E-state index contributed by atoms with van der Waals surface area (Å²) in [4.78, 5) is 38.9. The standard InChI is InChI=1S/C22H23N3O3/c1-13-5-3-6-14(2)19(13)24-22(28)21(27)23-17-11-15-7-4-10-25-18(26)9-8-16(12-17)20(15)25/h3,5-6,11-12H,4,7-10H2,1-2H3,(H,23,27)(H,24,28). The second-order valence-corrected chi connectivity index (χ2v) is 7.47. The number of hydrogen-bond acceptors (Lipinski definition) is 3. The zero-order valence-electron chi connectivity index (χ0n) is 16.1. The van der Waals surface area contributed by atoms with Gasteiger partial charge in [-0.1, -0.05) is 18.2 Å². The highest BCUT2D eigenvalue weighted by atomic mass is 16.2. The Labute approximate surface area is 163 Å². The quantitative estimate of drug-likeness (QED) is 0.790. The molecule has 0 radical (unpaired) electrons. The molecule has 0 spiro atoms. The summed E-state index contributed by atoms with van der Waals surface area (Å²) < 4.78 is 0. The van der Waals surface area contributed by atoms with Gasteiger partial charge in [-0.05, 0) is 67.5 Å². The molecule has 2 aromatic carbocycles. The van der Waals surface area contributed by atoms with E-state index < -0.39 is 11.8 Å². The number of amides is 3. The molecule has 3 amide bonds. The number of aryl methyl sites for hydroxylation is 4. The van der Waals surface area contributed by atoms with E-state index in [1.54, 1.807) is 0 Å². The second-order valence-electron chi connectivity index (χ2n) is 7.47. The number of para-hydroxylation sites is 1. The molecule has 0 saturated heterocycles. The third-order valence-corrected chi connectivity index (χ3v) is 5.46. The van der Waals surface area contributed by atoms with E-state index in [2.05, 4.69) is 10.6 Å². The molecular formula is C22H23N3O3. The fourth-order valence-corrected chi connectivity index (χ4v) is 4.10. The average Bonchev–Trinajstić information content (AvgIpc) is 2.67. The van der Waals surface area contributed by atoms with Crippen LogP contribution in [-0.2, 0) is 27.2 Å². The van der Waals surface area contributed by atoms with Crippen molar-refractivity contribution in [2.45, 2.75) is 39.5 Å². The number of hydrogen-bond donors (Lipinski definition) is 2. The minimum atomic E-state index is -0.700. The number of anilines is 3. The molecule has 0 atom stereocenters. The highest BCUT2D eigenvalue weighted by Crippen LogP contribution is 2.37. The van der Waals surface area contributed by atoms with E-state index in [0.29, 0.717) is 24.2 Å². The van der Waals surface area contributed by atoms with Gasteiger partial charge in [-0.15, -0.1) is 0 Å². The van der Waals surface area contributed by atoms with Crippen LogP contribution in [0.5, 0.6) is 0 Å². The fraction of sp³-hybridized carbons (Fsp3) is 0.318. The Morgan fingerprint density at radius 3 is 2.29 bits per heavy atom. The average molecular weight is 377 g/mol. The van der Waals surface area contributed by atoms with E-state index in [1.807, 2.05) is 49.1 Å². The molecule has 28 heavy (non-hydrogen) atoms. The maximum atomic E-state index is 12.4. The topological polar surface area (TPSA) is 78.5 Å². The van der Waals surface area contributed by atoms with Crippen molar-refractivity contribution in [2.75, 3.05) is 22.1 Å². The zero-order chi connectivity index (χ0) is 19.8. The number of benzene rings is 2. The van der Waals surface area contributed by atoms with Gasteiger partial charge in [0.1, 0.15) is 0 Å². The molecule has 2 aliphatic heterocycles. The van der Waals surface area contributed by atoms with Gasteiger partial charge in [0.25, 0.3) is 0 Å². The SMILES string of the molecule is Cc1cccc(C)c1NC(=O)C(=O)Nc1cc2c3c(c1)CCC(=O)N3CCC2. The van der Waals surface area contributed by atoms with Crippen LogP contribution in [0.15, 0.2) is 30.3 Å². The first-order valence-corrected chi connectivity index (χ1v) is 9.59. The Morgan fingerprint density at radius 1 is 0.929 bits per heavy atom. The first-order chi connectivity index (χ1) is 13.4. The van der Waals surface area contributed by atoms with E-state index in [-0.39, 0.29) is 5.91 Å². The lowest BCUT2D eigenvalue weighted by Gasteiger charge is -2.35. The first-order valence-electron chi connectivity index (χ1n) is 9.59. The van der Waals surface area contributed by atoms with Crippen LogP contribution in [0.4, 0.5) is 17.1 Å². The lowest BCUT2D eigenvalue weighted by molar-refractivity contribution is -0.133. The molecule has 6 heteroatoms. The van der Waals surface area contributed by atoms with Gasteiger partial charge in [-0.25, -0.2) is 0 Å². The molecule has 2 N–H and O–H groups in total. The largest absolute Gasteiger partial charge is 0.318 e. The van der Waals surface area contributed by atoms with Crippen LogP contribution in [0, 0.1) is 13.8 Å². The number of nitrogens with one attached hydrogen (secondary N) is 2. The van der Waals surface area contributed by atoms with Gasteiger partial charge in [0.15, 0.2) is 0 Å². The highest BCUT2D eigenvalue weighted by Gasteiger charge is 2.30. The van der Waals surface area contributed by atoms with Crippen LogP contribution in [0.25, 0.3) is 0 Å². The van der Waals surface area contributed by atoms with Crippen molar-refractivity contribution >= 4 is 34.8 Å². The lowest BCUT2D eigenvalue weighted by Crippen LogP contribution is -2.39. The lowest BCUT2D eigenvalue weighted by atomic mass is 9.91. The van der Waals surface area contributed by atoms with Gasteiger partial charge in [0.05, 0.1) is 5.69 Å². The van der Waals surface area contributed by atoms with Gasteiger partial charge < -0.3 is 15.5 Å². The van der Waals surface area contributed by atoms with Crippen LogP contribution in [0.3, 0.4) is 0 Å². The molecule has 0 aliphatic carbocycles. The van der Waals surface area contributed by atoms with Crippen LogP contribution in [0.2, 0.25) is 0 Å². The van der Waals surface area contributed by atoms with Crippen molar-refractivity contribution in [3.8, 4) is 0 Å². The molecule has 0 unspecified atom stereocenters. The number of carbonyl (C=O) groups excluding carboxylic acids is 3. The number of carbonyl (C=O) groups is 3. The Hall–Kier alpha value is -3.15. The summed E-state index contributed by atoms with van der Waals surface area (Å²) in [7, 11) is 0. The fourth-order valence-electron chi connectivity index (χ4n) is 4.10. The minimum absolute atomic E-state index is 0.165. The van der Waals surface area contributed by atoms with E-state index in [0.717, 1.165) is 47.3 Å². The van der Waals surface area contributed by atoms with E-state index in [1.165, 1.54) is 0 Å². The summed E-state index contributed by atoms with van der Waals surface area (Å²) in [6, 6.07) is 9.46. The van der Waals surface area contributed by atoms with Crippen LogP contribution in [0.1, 0.15) is 35.1 Å². The molecule has 2 aliphatic rings. The molecule has 144 valence electrons. The zero-order valence-corrected chi connectivity index (χ0v) is 16.1. The molecule has 0 bridgehead atoms. The van der Waals surface area contributed by atoms with Gasteiger partial charge >= 0.3 is 11.8 Å². The van der Waals surface area contributed by atoms with Crippen molar-refractivity contribution in [3.05, 3.63) is 52.6 Å². The van der Waals surface area contributed by atoms with Crippen LogP contribution in [-0.4, -0.2) is 24.3 Å². The maximum absolute atomic E-state index is 12.4. The summed E-state index contributed by atoms with van der Waals surface area (Å²) in [6.45, 7) is 4.53. The first kappa shape index (κ1) is 18.2. The Kier molecular flexibility index (Phi) is 4.63. The molecule has 0 saturated carbocycles. The molecule has 4 rings (SSSR count). The van der Waals surface area contributed by atoms with Crippen molar-refractivity contribution in [1.82, 2.24) is 0 Å². The van der Waals surface area contributed by atoms with E-state index in [9.17, 15) is 14.4 Å². The van der Waals surface area contributed by atoms with Crippen LogP contribution >= 0.6 is 0 Å². The van der Waals surface area contributed by atoms with Crippen LogP contribution < -0.4 is 15.5 Å². The molecular weight excluding hydrogens is 354 g/mol. The smallest absolute Gasteiger partial charge is 0.314 e. The molecule has 2 aromatic rings. The van der Waals surface area contributed by atoms with Crippen molar-refractivity contribution < 1.29 is 14.4 Å². The Morgan fingerprint density at radius 2 is 1.57 bits per heavy atom. The summed E-state index contributed by atoms with van der Waals surface area (Å²) in [5, 5.41) is 5.43. The third kappa shape index (κ3) is 3.26. The summed E-state index contributed by atoms with van der Waals surface area (Å²) >= 11 is 0. The van der Waals surface area contributed by atoms with Crippen molar-refractivity contribution in [1.29, 1.82) is 0 Å². The summed E-state index contributed by atoms with van der Waals surface area (Å²) in [5.74, 6) is -1.23.